The summed E-state index contributed by atoms with van der Waals surface area (Å²) in [5.41, 5.74) is 5.63. The van der Waals surface area contributed by atoms with Crippen molar-refractivity contribution >= 4 is 51.9 Å². The quantitative estimate of drug-likeness (QED) is 0.192. The van der Waals surface area contributed by atoms with Crippen molar-refractivity contribution in [3.8, 4) is 34.1 Å². The highest BCUT2D eigenvalue weighted by atomic mass is 28.3. The second kappa shape index (κ2) is 10.8. The average molecular weight is 605 g/mol. The van der Waals surface area contributed by atoms with Gasteiger partial charge < -0.3 is 9.47 Å². The van der Waals surface area contributed by atoms with E-state index in [1.165, 1.54) is 31.7 Å². The maximum atomic E-state index is 6.76. The van der Waals surface area contributed by atoms with Gasteiger partial charge in [-0.2, -0.15) is 0 Å². The third-order valence-electron chi connectivity index (χ3n) is 9.59. The van der Waals surface area contributed by atoms with Gasteiger partial charge >= 0.3 is 0 Å². The molecule has 4 heteroatoms. The minimum atomic E-state index is -2.61. The number of hydrogen-bond donors (Lipinski definition) is 0. The van der Waals surface area contributed by atoms with Crippen molar-refractivity contribution in [1.29, 1.82) is 0 Å². The van der Waals surface area contributed by atoms with Gasteiger partial charge in [0.25, 0.3) is 6.71 Å². The molecule has 7 aromatic carbocycles. The van der Waals surface area contributed by atoms with E-state index in [9.17, 15) is 0 Å². The number of rotatable bonds is 5. The Morgan fingerprint density at radius 2 is 0.826 bits per heavy atom. The molecule has 7 aromatic rings. The van der Waals surface area contributed by atoms with Gasteiger partial charge in [0.15, 0.2) is 8.07 Å². The van der Waals surface area contributed by atoms with Gasteiger partial charge in [0, 0.05) is 11.0 Å². The van der Waals surface area contributed by atoms with E-state index in [-0.39, 0.29) is 6.71 Å². The summed E-state index contributed by atoms with van der Waals surface area (Å²) < 4.78 is 13.2. The van der Waals surface area contributed by atoms with E-state index in [4.69, 9.17) is 9.47 Å². The first-order valence-electron chi connectivity index (χ1n) is 15.8. The summed E-state index contributed by atoms with van der Waals surface area (Å²) in [6.45, 7) is 0.0495. The van der Waals surface area contributed by atoms with Crippen molar-refractivity contribution in [1.82, 2.24) is 0 Å². The zero-order valence-electron chi connectivity index (χ0n) is 25.1. The Labute approximate surface area is 270 Å². The molecule has 2 nitrogen and oxygen atoms in total. The van der Waals surface area contributed by atoms with E-state index >= 15 is 0 Å². The number of benzene rings is 7. The third-order valence-corrected chi connectivity index (χ3v) is 14.4. The van der Waals surface area contributed by atoms with Crippen molar-refractivity contribution in [3.63, 3.8) is 0 Å². The molecule has 0 aliphatic carbocycles. The maximum Gasteiger partial charge on any atom is 0.260 e. The topological polar surface area (TPSA) is 18.5 Å². The van der Waals surface area contributed by atoms with Crippen LogP contribution >= 0.6 is 0 Å². The molecule has 0 fully saturated rings. The predicted molar refractivity (Wildman–Crippen MR) is 193 cm³/mol. The summed E-state index contributed by atoms with van der Waals surface area (Å²) in [5.74, 6) is 3.54. The lowest BCUT2D eigenvalue weighted by atomic mass is 9.34. The number of para-hydroxylation sites is 2. The van der Waals surface area contributed by atoms with E-state index in [0.717, 1.165) is 39.6 Å². The fraction of sp³-hybridized carbons (Fsp3) is 0. The summed E-state index contributed by atoms with van der Waals surface area (Å²) in [7, 11) is -2.61. The first-order chi connectivity index (χ1) is 22.8. The molecule has 0 bridgehead atoms. The molecular weight excluding hydrogens is 575 g/mol. The molecule has 0 amide bonds. The molecule has 0 atom stereocenters. The normalized spacial score (nSPS) is 12.7. The fourth-order valence-electron chi connectivity index (χ4n) is 7.58. The largest absolute Gasteiger partial charge is 0.458 e. The Kier molecular flexibility index (Phi) is 6.29. The summed E-state index contributed by atoms with van der Waals surface area (Å²) in [5, 5.41) is 5.43. The molecule has 46 heavy (non-hydrogen) atoms. The van der Waals surface area contributed by atoms with E-state index in [0.29, 0.717) is 0 Å². The maximum absolute atomic E-state index is 6.76. The SMILES string of the molecule is c1ccc([Si](c2ccccc2)(c2ccccc2)c2ccc(-c3ccc4c5c3Oc3ccccc3B5c3ccccc3O4)cc2)cc1. The first kappa shape index (κ1) is 26.8. The minimum Gasteiger partial charge on any atom is -0.458 e. The lowest BCUT2D eigenvalue weighted by molar-refractivity contribution is 0.465. The van der Waals surface area contributed by atoms with Crippen LogP contribution in [0, 0.1) is 0 Å². The third kappa shape index (κ3) is 4.04. The zero-order valence-corrected chi connectivity index (χ0v) is 26.1. The van der Waals surface area contributed by atoms with E-state index < -0.39 is 8.07 Å². The average Bonchev–Trinajstić information content (AvgIpc) is 3.14. The monoisotopic (exact) mass is 604 g/mol. The molecule has 0 saturated heterocycles. The Morgan fingerprint density at radius 3 is 1.37 bits per heavy atom. The van der Waals surface area contributed by atoms with Crippen LogP contribution in [-0.2, 0) is 0 Å². The van der Waals surface area contributed by atoms with Crippen LogP contribution in [0.5, 0.6) is 23.0 Å². The molecule has 0 saturated carbocycles. The van der Waals surface area contributed by atoms with Crippen molar-refractivity contribution in [2.45, 2.75) is 0 Å². The highest BCUT2D eigenvalue weighted by molar-refractivity contribution is 7.19. The number of fused-ring (bicyclic) bond motifs is 4. The van der Waals surface area contributed by atoms with Crippen molar-refractivity contribution in [2.75, 3.05) is 0 Å². The molecule has 0 spiro atoms. The van der Waals surface area contributed by atoms with Gasteiger partial charge in [0.05, 0.1) is 0 Å². The molecule has 2 aliphatic rings. The summed E-state index contributed by atoms with van der Waals surface area (Å²) in [6.07, 6.45) is 0. The Balaban J connectivity index is 1.23. The Bertz CT molecular complexity index is 2090. The van der Waals surface area contributed by atoms with Gasteiger partial charge in [0.2, 0.25) is 0 Å². The first-order valence-corrected chi connectivity index (χ1v) is 17.8. The molecule has 2 aliphatic heterocycles. The Hall–Kier alpha value is -5.58. The van der Waals surface area contributed by atoms with Crippen molar-refractivity contribution in [2.24, 2.45) is 0 Å². The number of ether oxygens (including phenoxy) is 2. The van der Waals surface area contributed by atoms with Gasteiger partial charge in [-0.3, -0.25) is 0 Å². The molecule has 0 radical (unpaired) electrons. The lowest BCUT2D eigenvalue weighted by Gasteiger charge is -2.35. The second-order valence-corrected chi connectivity index (χ2v) is 15.8. The van der Waals surface area contributed by atoms with Crippen LogP contribution in [-0.4, -0.2) is 14.8 Å². The molecule has 9 rings (SSSR count). The molecule has 0 N–H and O–H groups in total. The van der Waals surface area contributed by atoms with Crippen LogP contribution < -0.4 is 46.6 Å². The van der Waals surface area contributed by atoms with Crippen LogP contribution in [0.3, 0.4) is 0 Å². The molecule has 216 valence electrons. The lowest BCUT2D eigenvalue weighted by Crippen LogP contribution is -2.74. The predicted octanol–water partition coefficient (Wildman–Crippen LogP) is 5.46. The van der Waals surface area contributed by atoms with E-state index in [2.05, 4.69) is 164 Å². The van der Waals surface area contributed by atoms with Gasteiger partial charge in [-0.05, 0) is 61.5 Å². The zero-order chi connectivity index (χ0) is 30.5. The highest BCUT2D eigenvalue weighted by Crippen LogP contribution is 2.40. The van der Waals surface area contributed by atoms with Crippen LogP contribution in [0.15, 0.2) is 176 Å². The van der Waals surface area contributed by atoms with Crippen LogP contribution in [0.4, 0.5) is 0 Å². The van der Waals surface area contributed by atoms with Crippen molar-refractivity contribution < 1.29 is 9.47 Å². The highest BCUT2D eigenvalue weighted by Gasteiger charge is 2.42. The van der Waals surface area contributed by atoms with Crippen LogP contribution in [0.25, 0.3) is 11.1 Å². The summed E-state index contributed by atoms with van der Waals surface area (Å²) >= 11 is 0. The smallest absolute Gasteiger partial charge is 0.260 e. The summed E-state index contributed by atoms with van der Waals surface area (Å²) in [4.78, 5) is 0. The Morgan fingerprint density at radius 1 is 0.370 bits per heavy atom. The minimum absolute atomic E-state index is 0.0495. The van der Waals surface area contributed by atoms with Gasteiger partial charge in [-0.1, -0.05) is 152 Å². The van der Waals surface area contributed by atoms with Crippen LogP contribution in [0.1, 0.15) is 0 Å². The second-order valence-electron chi connectivity index (χ2n) is 12.0. The molecule has 0 aromatic heterocycles. The van der Waals surface area contributed by atoms with E-state index in [1.807, 2.05) is 12.1 Å². The molecule has 0 unspecified atom stereocenters. The van der Waals surface area contributed by atoms with Gasteiger partial charge in [-0.25, -0.2) is 0 Å². The fourth-order valence-corrected chi connectivity index (χ4v) is 12.3. The standard InChI is InChI=1S/C42H29BO2Si/c1-4-14-31(15-5-1)46(32-16-6-2-7-17-32,33-18-8-3-9-19-33)34-26-24-30(25-27-34)35-28-29-40-41-42(35)45-39-23-13-11-21-37(39)43(41)36-20-10-12-22-38(36)44-40/h1-29H. The molecular formula is C42H29BO2Si. The van der Waals surface area contributed by atoms with E-state index in [1.54, 1.807) is 0 Å². The van der Waals surface area contributed by atoms with Gasteiger partial charge in [-0.15, -0.1) is 0 Å². The van der Waals surface area contributed by atoms with Crippen molar-refractivity contribution in [3.05, 3.63) is 176 Å². The van der Waals surface area contributed by atoms with Crippen LogP contribution in [0.2, 0.25) is 0 Å². The molecule has 2 heterocycles. The number of hydrogen-bond acceptors (Lipinski definition) is 2. The van der Waals surface area contributed by atoms with Gasteiger partial charge in [0.1, 0.15) is 23.0 Å². The summed E-state index contributed by atoms with van der Waals surface area (Å²) in [6, 6.07) is 63.4.